The zero-order valence-electron chi connectivity index (χ0n) is 10.4. The number of nitrogens with zero attached hydrogens (tertiary/aromatic N) is 2. The lowest BCUT2D eigenvalue weighted by molar-refractivity contribution is 0.0876. The lowest BCUT2D eigenvalue weighted by atomic mass is 10.1. The molecule has 0 amide bonds. The Hall–Kier alpha value is -1.24. The fourth-order valence-electron chi connectivity index (χ4n) is 1.71. The number of rotatable bonds is 4. The van der Waals surface area contributed by atoms with E-state index in [1.54, 1.807) is 26.0 Å². The molecule has 1 aromatic rings. The smallest absolute Gasteiger partial charge is 0.101 e. The molecular weight excluding hydrogens is 236 g/mol. The second-order valence-electron chi connectivity index (χ2n) is 4.60. The normalized spacial score (nSPS) is 11.1. The maximum absolute atomic E-state index is 9.85. The first-order chi connectivity index (χ1) is 7.87. The molecule has 0 aliphatic rings. The molecule has 1 aromatic carbocycles. The molecule has 0 aliphatic carbocycles. The van der Waals surface area contributed by atoms with Crippen molar-refractivity contribution in [1.82, 2.24) is 0 Å². The van der Waals surface area contributed by atoms with Gasteiger partial charge in [-0.3, -0.25) is 0 Å². The molecular formula is C13H17ClN2O. The first-order valence-electron chi connectivity index (χ1n) is 5.54. The highest BCUT2D eigenvalue weighted by atomic mass is 35.5. The summed E-state index contributed by atoms with van der Waals surface area (Å²) in [4.78, 5) is 1.97. The van der Waals surface area contributed by atoms with Gasteiger partial charge in [-0.2, -0.15) is 5.26 Å². The largest absolute Gasteiger partial charge is 0.389 e. The minimum atomic E-state index is -0.803. The summed E-state index contributed by atoms with van der Waals surface area (Å²) >= 11 is 5.86. The highest BCUT2D eigenvalue weighted by molar-refractivity contribution is 6.30. The van der Waals surface area contributed by atoms with Crippen LogP contribution in [0.1, 0.15) is 26.3 Å². The molecule has 0 aromatic heterocycles. The van der Waals surface area contributed by atoms with Crippen LogP contribution in [0, 0.1) is 11.3 Å². The van der Waals surface area contributed by atoms with Gasteiger partial charge in [-0.15, -0.1) is 0 Å². The quantitative estimate of drug-likeness (QED) is 0.896. The average Bonchev–Trinajstić information content (AvgIpc) is 2.24. The van der Waals surface area contributed by atoms with Gasteiger partial charge < -0.3 is 10.0 Å². The van der Waals surface area contributed by atoms with Crippen molar-refractivity contribution in [2.24, 2.45) is 0 Å². The minimum absolute atomic E-state index is 0.472. The van der Waals surface area contributed by atoms with E-state index in [0.717, 1.165) is 12.2 Å². The first kappa shape index (κ1) is 13.8. The predicted octanol–water partition coefficient (Wildman–Crippen LogP) is 2.81. The fourth-order valence-corrected chi connectivity index (χ4v) is 1.88. The molecule has 0 atom stereocenters. The summed E-state index contributed by atoms with van der Waals surface area (Å²) in [5.74, 6) is 0. The third-order valence-corrected chi connectivity index (χ3v) is 2.61. The molecule has 0 spiro atoms. The number of anilines is 1. The number of halogens is 1. The van der Waals surface area contributed by atoms with Crippen molar-refractivity contribution in [1.29, 1.82) is 5.26 Å². The molecule has 0 aliphatic heterocycles. The Morgan fingerprint density at radius 3 is 2.59 bits per heavy atom. The average molecular weight is 253 g/mol. The van der Waals surface area contributed by atoms with Gasteiger partial charge in [0.25, 0.3) is 0 Å². The van der Waals surface area contributed by atoms with E-state index in [-0.39, 0.29) is 0 Å². The Kier molecular flexibility index (Phi) is 4.39. The van der Waals surface area contributed by atoms with Gasteiger partial charge in [0.2, 0.25) is 0 Å². The summed E-state index contributed by atoms with van der Waals surface area (Å²) in [5.41, 5.74) is 0.535. The standard InChI is InChI=1S/C13H17ClN2O/c1-4-16(9-13(2,3)17)12-6-5-11(14)7-10(12)8-15/h5-7,17H,4,9H2,1-3H3. The minimum Gasteiger partial charge on any atom is -0.389 e. The Balaban J connectivity index is 3.08. The molecule has 0 radical (unpaired) electrons. The summed E-state index contributed by atoms with van der Waals surface area (Å²) in [5, 5.41) is 19.5. The number of hydrogen-bond acceptors (Lipinski definition) is 3. The van der Waals surface area contributed by atoms with Crippen molar-refractivity contribution in [2.45, 2.75) is 26.4 Å². The Morgan fingerprint density at radius 1 is 1.47 bits per heavy atom. The predicted molar refractivity (Wildman–Crippen MR) is 70.4 cm³/mol. The summed E-state index contributed by atoms with van der Waals surface area (Å²) in [6.45, 7) is 6.68. The summed E-state index contributed by atoms with van der Waals surface area (Å²) in [7, 11) is 0. The molecule has 0 bridgehead atoms. The van der Waals surface area contributed by atoms with Crippen LogP contribution in [0.4, 0.5) is 5.69 Å². The number of aliphatic hydroxyl groups is 1. The van der Waals surface area contributed by atoms with Gasteiger partial charge in [-0.25, -0.2) is 0 Å². The van der Waals surface area contributed by atoms with Crippen LogP contribution in [0.15, 0.2) is 18.2 Å². The van der Waals surface area contributed by atoms with Crippen LogP contribution in [-0.4, -0.2) is 23.8 Å². The van der Waals surface area contributed by atoms with Crippen molar-refractivity contribution in [3.05, 3.63) is 28.8 Å². The second-order valence-corrected chi connectivity index (χ2v) is 5.04. The molecule has 4 heteroatoms. The maximum Gasteiger partial charge on any atom is 0.101 e. The summed E-state index contributed by atoms with van der Waals surface area (Å²) < 4.78 is 0. The van der Waals surface area contributed by atoms with Gasteiger partial charge in [0.05, 0.1) is 16.9 Å². The topological polar surface area (TPSA) is 47.3 Å². The number of likely N-dealkylation sites (N-methyl/N-ethyl adjacent to an activating group) is 1. The number of hydrogen-bond donors (Lipinski definition) is 1. The molecule has 1 N–H and O–H groups in total. The molecule has 0 fully saturated rings. The molecule has 0 heterocycles. The highest BCUT2D eigenvalue weighted by Crippen LogP contribution is 2.24. The van der Waals surface area contributed by atoms with Crippen LogP contribution < -0.4 is 4.90 Å². The van der Waals surface area contributed by atoms with Crippen LogP contribution in [0.3, 0.4) is 0 Å². The summed E-state index contributed by atoms with van der Waals surface area (Å²) in [6.07, 6.45) is 0. The van der Waals surface area contributed by atoms with E-state index in [2.05, 4.69) is 6.07 Å². The summed E-state index contributed by atoms with van der Waals surface area (Å²) in [6, 6.07) is 7.34. The van der Waals surface area contributed by atoms with Gasteiger partial charge in [-0.05, 0) is 39.0 Å². The van der Waals surface area contributed by atoms with Crippen molar-refractivity contribution in [3.63, 3.8) is 0 Å². The lowest BCUT2D eigenvalue weighted by Gasteiger charge is -2.30. The fraction of sp³-hybridized carbons (Fsp3) is 0.462. The molecule has 17 heavy (non-hydrogen) atoms. The Bertz CT molecular complexity index is 432. The molecule has 1 rings (SSSR count). The van der Waals surface area contributed by atoms with Gasteiger partial charge in [-0.1, -0.05) is 11.6 Å². The van der Waals surface area contributed by atoms with E-state index in [1.165, 1.54) is 0 Å². The Morgan fingerprint density at radius 2 is 2.12 bits per heavy atom. The SMILES string of the molecule is CCN(CC(C)(C)O)c1ccc(Cl)cc1C#N. The van der Waals surface area contributed by atoms with Crippen molar-refractivity contribution >= 4 is 17.3 Å². The van der Waals surface area contributed by atoms with Crippen LogP contribution in [0.2, 0.25) is 5.02 Å². The molecule has 0 unspecified atom stereocenters. The van der Waals surface area contributed by atoms with Crippen LogP contribution in [0.5, 0.6) is 0 Å². The van der Waals surface area contributed by atoms with E-state index in [4.69, 9.17) is 16.9 Å². The monoisotopic (exact) mass is 252 g/mol. The van der Waals surface area contributed by atoms with Crippen LogP contribution in [-0.2, 0) is 0 Å². The Labute approximate surface area is 107 Å². The number of nitriles is 1. The van der Waals surface area contributed by atoms with E-state index < -0.39 is 5.60 Å². The van der Waals surface area contributed by atoms with E-state index in [9.17, 15) is 5.11 Å². The van der Waals surface area contributed by atoms with E-state index >= 15 is 0 Å². The van der Waals surface area contributed by atoms with Gasteiger partial charge in [0.15, 0.2) is 0 Å². The lowest BCUT2D eigenvalue weighted by Crippen LogP contribution is -2.38. The first-order valence-corrected chi connectivity index (χ1v) is 5.92. The zero-order valence-corrected chi connectivity index (χ0v) is 11.1. The van der Waals surface area contributed by atoms with Crippen molar-refractivity contribution in [2.75, 3.05) is 18.0 Å². The van der Waals surface area contributed by atoms with E-state index in [0.29, 0.717) is 17.1 Å². The third-order valence-electron chi connectivity index (χ3n) is 2.38. The third kappa shape index (κ3) is 3.92. The molecule has 0 saturated carbocycles. The van der Waals surface area contributed by atoms with Gasteiger partial charge in [0.1, 0.15) is 6.07 Å². The van der Waals surface area contributed by atoms with Crippen LogP contribution in [0.25, 0.3) is 0 Å². The number of benzene rings is 1. The van der Waals surface area contributed by atoms with E-state index in [1.807, 2.05) is 17.9 Å². The molecule has 0 saturated heterocycles. The van der Waals surface area contributed by atoms with Gasteiger partial charge >= 0.3 is 0 Å². The zero-order chi connectivity index (χ0) is 13.1. The maximum atomic E-state index is 9.85. The van der Waals surface area contributed by atoms with Crippen LogP contribution >= 0.6 is 11.6 Å². The van der Waals surface area contributed by atoms with Gasteiger partial charge in [0, 0.05) is 18.1 Å². The van der Waals surface area contributed by atoms with Crippen molar-refractivity contribution in [3.8, 4) is 6.07 Å². The molecule has 3 nitrogen and oxygen atoms in total. The van der Waals surface area contributed by atoms with Crippen molar-refractivity contribution < 1.29 is 5.11 Å². The molecule has 92 valence electrons. The highest BCUT2D eigenvalue weighted by Gasteiger charge is 2.19. The second kappa shape index (κ2) is 5.39.